The van der Waals surface area contributed by atoms with Crippen LogP contribution in [0.5, 0.6) is 5.75 Å². The second kappa shape index (κ2) is 9.80. The molecule has 0 unspecified atom stereocenters. The van der Waals surface area contributed by atoms with Crippen LogP contribution in [0.3, 0.4) is 0 Å². The molecule has 2 aliphatic rings. The summed E-state index contributed by atoms with van der Waals surface area (Å²) in [4.78, 5) is 36.2. The van der Waals surface area contributed by atoms with Gasteiger partial charge in [0.15, 0.2) is 6.61 Å². The van der Waals surface area contributed by atoms with Crippen LogP contribution in [0.15, 0.2) is 24.3 Å². The van der Waals surface area contributed by atoms with Gasteiger partial charge in [-0.3, -0.25) is 14.4 Å². The zero-order valence-electron chi connectivity index (χ0n) is 16.1. The lowest BCUT2D eigenvalue weighted by molar-refractivity contribution is -0.156. The fraction of sp³-hybridized carbons (Fsp3) is 0.571. The number of Topliss-reactive ketones (excluding diaryl/α,β-unsaturated/α-hetero) is 1. The maximum atomic E-state index is 12.3. The molecule has 8 heteroatoms. The number of hydrogen-bond donors (Lipinski definition) is 1. The first-order valence-electron chi connectivity index (χ1n) is 9.93. The molecule has 0 saturated heterocycles. The van der Waals surface area contributed by atoms with Gasteiger partial charge >= 0.3 is 12.6 Å². The van der Waals surface area contributed by atoms with Crippen molar-refractivity contribution in [3.8, 4) is 5.75 Å². The van der Waals surface area contributed by atoms with Gasteiger partial charge in [-0.05, 0) is 49.8 Å². The van der Waals surface area contributed by atoms with Crippen molar-refractivity contribution >= 4 is 17.7 Å². The molecule has 2 saturated carbocycles. The number of nitrogens with one attached hydrogen (secondary N) is 1. The van der Waals surface area contributed by atoms with Crippen LogP contribution < -0.4 is 10.1 Å². The lowest BCUT2D eigenvalue weighted by Gasteiger charge is -2.36. The van der Waals surface area contributed by atoms with Crippen LogP contribution in [0.1, 0.15) is 37.7 Å². The highest BCUT2D eigenvalue weighted by atomic mass is 19.3. The van der Waals surface area contributed by atoms with Gasteiger partial charge in [0.05, 0.1) is 5.92 Å². The number of halogens is 2. The minimum Gasteiger partial charge on any atom is -0.455 e. The van der Waals surface area contributed by atoms with Gasteiger partial charge in [0.25, 0.3) is 5.91 Å². The molecule has 2 atom stereocenters. The SMILES string of the molecule is O=C(COC(=O)C1C[C@H]2CCC[C@H](C1)C2=O)NCCc1ccc(OC(F)F)cc1. The van der Waals surface area contributed by atoms with Crippen molar-refractivity contribution in [3.05, 3.63) is 29.8 Å². The minimum atomic E-state index is -2.86. The van der Waals surface area contributed by atoms with Crippen LogP contribution in [0.25, 0.3) is 0 Å². The fourth-order valence-corrected chi connectivity index (χ4v) is 4.16. The molecular weight excluding hydrogens is 384 g/mol. The highest BCUT2D eigenvalue weighted by molar-refractivity contribution is 5.87. The Morgan fingerprint density at radius 3 is 2.38 bits per heavy atom. The number of rotatable bonds is 8. The Morgan fingerprint density at radius 1 is 1.10 bits per heavy atom. The number of ketones is 1. The van der Waals surface area contributed by atoms with E-state index in [4.69, 9.17) is 4.74 Å². The molecule has 1 N–H and O–H groups in total. The van der Waals surface area contributed by atoms with E-state index in [0.717, 1.165) is 24.8 Å². The topological polar surface area (TPSA) is 81.7 Å². The zero-order valence-corrected chi connectivity index (χ0v) is 16.1. The van der Waals surface area contributed by atoms with Crippen molar-refractivity contribution in [1.82, 2.24) is 5.32 Å². The maximum absolute atomic E-state index is 12.3. The summed E-state index contributed by atoms with van der Waals surface area (Å²) in [7, 11) is 0. The summed E-state index contributed by atoms with van der Waals surface area (Å²) < 4.78 is 33.7. The second-order valence-electron chi connectivity index (χ2n) is 7.63. The molecular formula is C21H25F2NO5. The Bertz CT molecular complexity index is 721. The fourth-order valence-electron chi connectivity index (χ4n) is 4.16. The molecule has 0 spiro atoms. The van der Waals surface area contributed by atoms with Gasteiger partial charge in [0.1, 0.15) is 11.5 Å². The van der Waals surface area contributed by atoms with Crippen molar-refractivity contribution in [2.75, 3.05) is 13.2 Å². The molecule has 0 radical (unpaired) electrons. The third-order valence-corrected chi connectivity index (χ3v) is 5.61. The zero-order chi connectivity index (χ0) is 20.8. The molecule has 158 valence electrons. The van der Waals surface area contributed by atoms with Gasteiger partial charge < -0.3 is 14.8 Å². The Kier molecular flexibility index (Phi) is 7.17. The lowest BCUT2D eigenvalue weighted by Crippen LogP contribution is -2.40. The van der Waals surface area contributed by atoms with E-state index < -0.39 is 18.5 Å². The molecule has 0 heterocycles. The number of alkyl halides is 2. The summed E-state index contributed by atoms with van der Waals surface area (Å²) >= 11 is 0. The minimum absolute atomic E-state index is 0.0358. The van der Waals surface area contributed by atoms with Gasteiger partial charge in [0, 0.05) is 18.4 Å². The molecule has 0 aromatic heterocycles. The predicted octanol–water partition coefficient (Wildman–Crippen LogP) is 2.89. The van der Waals surface area contributed by atoms with Gasteiger partial charge in [-0.1, -0.05) is 18.6 Å². The number of hydrogen-bond acceptors (Lipinski definition) is 5. The Labute approximate surface area is 167 Å². The molecule has 2 aliphatic carbocycles. The van der Waals surface area contributed by atoms with Gasteiger partial charge in [0.2, 0.25) is 0 Å². The van der Waals surface area contributed by atoms with Crippen LogP contribution in [-0.2, 0) is 25.5 Å². The van der Waals surface area contributed by atoms with E-state index in [1.807, 2.05) is 0 Å². The molecule has 2 bridgehead atoms. The highest BCUT2D eigenvalue weighted by Crippen LogP contribution is 2.40. The Morgan fingerprint density at radius 2 is 1.76 bits per heavy atom. The number of benzene rings is 1. The van der Waals surface area contributed by atoms with Gasteiger partial charge in [-0.15, -0.1) is 0 Å². The molecule has 1 aromatic carbocycles. The molecule has 29 heavy (non-hydrogen) atoms. The number of esters is 1. The van der Waals surface area contributed by atoms with Crippen LogP contribution >= 0.6 is 0 Å². The number of carbonyl (C=O) groups excluding carboxylic acids is 3. The molecule has 0 aliphatic heterocycles. The van der Waals surface area contributed by atoms with Crippen molar-refractivity contribution in [1.29, 1.82) is 0 Å². The first-order chi connectivity index (χ1) is 13.9. The highest BCUT2D eigenvalue weighted by Gasteiger charge is 2.41. The van der Waals surface area contributed by atoms with Crippen molar-refractivity contribution in [3.63, 3.8) is 0 Å². The predicted molar refractivity (Wildman–Crippen MR) is 99.3 cm³/mol. The monoisotopic (exact) mass is 409 g/mol. The summed E-state index contributed by atoms with van der Waals surface area (Å²) in [6, 6.07) is 6.17. The van der Waals surface area contributed by atoms with E-state index in [0.29, 0.717) is 25.8 Å². The standard InChI is InChI=1S/C21H25F2NO5/c22-21(23)29-17-6-4-13(5-7-17)8-9-24-18(25)12-28-20(27)16-10-14-2-1-3-15(11-16)19(14)26/h4-7,14-16,21H,1-3,8-12H2,(H,24,25)/t14-,15-/m1/s1. The van der Waals surface area contributed by atoms with Gasteiger partial charge in [-0.2, -0.15) is 8.78 Å². The maximum Gasteiger partial charge on any atom is 0.387 e. The van der Waals surface area contributed by atoms with E-state index in [1.165, 1.54) is 12.1 Å². The average molecular weight is 409 g/mol. The third kappa shape index (κ3) is 5.98. The molecule has 2 fully saturated rings. The van der Waals surface area contributed by atoms with E-state index in [2.05, 4.69) is 10.1 Å². The van der Waals surface area contributed by atoms with Crippen LogP contribution in [0.4, 0.5) is 8.78 Å². The van der Waals surface area contributed by atoms with E-state index in [-0.39, 0.29) is 35.9 Å². The second-order valence-corrected chi connectivity index (χ2v) is 7.63. The lowest BCUT2D eigenvalue weighted by atomic mass is 9.67. The summed E-state index contributed by atoms with van der Waals surface area (Å²) in [5.74, 6) is -0.815. The van der Waals surface area contributed by atoms with Crippen molar-refractivity contribution < 1.29 is 32.6 Å². The quantitative estimate of drug-likeness (QED) is 0.668. The van der Waals surface area contributed by atoms with Crippen LogP contribution in [0.2, 0.25) is 0 Å². The summed E-state index contributed by atoms with van der Waals surface area (Å²) in [5, 5.41) is 2.66. The largest absolute Gasteiger partial charge is 0.455 e. The Hall–Kier alpha value is -2.51. The average Bonchev–Trinajstić information content (AvgIpc) is 2.67. The molecule has 1 aromatic rings. The molecule has 3 rings (SSSR count). The van der Waals surface area contributed by atoms with Crippen molar-refractivity contribution in [2.45, 2.75) is 45.1 Å². The first-order valence-corrected chi connectivity index (χ1v) is 9.93. The van der Waals surface area contributed by atoms with E-state index in [9.17, 15) is 23.2 Å². The van der Waals surface area contributed by atoms with Crippen molar-refractivity contribution in [2.24, 2.45) is 17.8 Å². The summed E-state index contributed by atoms with van der Waals surface area (Å²) in [6.45, 7) is -2.88. The smallest absolute Gasteiger partial charge is 0.387 e. The van der Waals surface area contributed by atoms with E-state index >= 15 is 0 Å². The molecule has 1 amide bonds. The number of fused-ring (bicyclic) bond motifs is 2. The summed E-state index contributed by atoms with van der Waals surface area (Å²) in [5.41, 5.74) is 0.849. The molecule has 6 nitrogen and oxygen atoms in total. The number of amides is 1. The van der Waals surface area contributed by atoms with Gasteiger partial charge in [-0.25, -0.2) is 0 Å². The van der Waals surface area contributed by atoms with Crippen LogP contribution in [-0.4, -0.2) is 37.4 Å². The van der Waals surface area contributed by atoms with Crippen LogP contribution in [0, 0.1) is 17.8 Å². The van der Waals surface area contributed by atoms with E-state index in [1.54, 1.807) is 12.1 Å². The first kappa shape index (κ1) is 21.2. The third-order valence-electron chi connectivity index (χ3n) is 5.61. The number of ether oxygens (including phenoxy) is 2. The summed E-state index contributed by atoms with van der Waals surface area (Å²) in [6.07, 6.45) is 4.28. The Balaban J connectivity index is 1.34. The normalized spacial score (nSPS) is 23.6. The number of carbonyl (C=O) groups is 3.